The van der Waals surface area contributed by atoms with Gasteiger partial charge in [0.25, 0.3) is 0 Å². The van der Waals surface area contributed by atoms with Gasteiger partial charge in [0, 0.05) is 66.6 Å². The number of para-hydroxylation sites is 2. The van der Waals surface area contributed by atoms with Gasteiger partial charge in [-0.05, 0) is 144 Å². The van der Waals surface area contributed by atoms with Crippen LogP contribution >= 0.6 is 0 Å². The number of hydrogen-bond donors (Lipinski definition) is 0. The number of aromatic nitrogens is 1. The molecule has 0 spiro atoms. The number of fused-ring (bicyclic) bond motifs is 12. The van der Waals surface area contributed by atoms with Crippen molar-refractivity contribution in [1.29, 1.82) is 0 Å². The van der Waals surface area contributed by atoms with Crippen LogP contribution in [0.5, 0.6) is 0 Å². The highest BCUT2D eigenvalue weighted by atomic mass is 16.3. The zero-order chi connectivity index (χ0) is 51.3. The Bertz CT molecular complexity index is 4230. The molecule has 2 aliphatic heterocycles. The molecule has 75 heavy (non-hydrogen) atoms. The summed E-state index contributed by atoms with van der Waals surface area (Å²) in [4.78, 5) is 5.04. The van der Waals surface area contributed by atoms with E-state index < -0.39 is 0 Å². The van der Waals surface area contributed by atoms with Crippen LogP contribution in [0.1, 0.15) is 79.0 Å². The van der Waals surface area contributed by atoms with Gasteiger partial charge < -0.3 is 18.7 Å². The average Bonchev–Trinajstić information content (AvgIpc) is 4.02. The molecule has 5 heteroatoms. The van der Waals surface area contributed by atoms with E-state index in [1.165, 1.54) is 76.9 Å². The van der Waals surface area contributed by atoms with Crippen molar-refractivity contribution in [1.82, 2.24) is 4.48 Å². The molecule has 14 rings (SSSR count). The normalized spacial score (nSPS) is 13.3. The first-order chi connectivity index (χ1) is 36.1. The molecule has 0 N–H and O–H groups in total. The Kier molecular flexibility index (Phi) is 9.74. The van der Waals surface area contributed by atoms with E-state index in [2.05, 4.69) is 277 Å². The Morgan fingerprint density at radius 1 is 0.427 bits per heavy atom. The maximum absolute atomic E-state index is 7.06. The molecule has 4 heterocycles. The fourth-order valence-electron chi connectivity index (χ4n) is 12.5. The first kappa shape index (κ1) is 45.3. The first-order valence-corrected chi connectivity index (χ1v) is 26.7. The fourth-order valence-corrected chi connectivity index (χ4v) is 12.5. The maximum Gasteiger partial charge on any atom is 0.333 e. The van der Waals surface area contributed by atoms with Gasteiger partial charge in [0.1, 0.15) is 5.58 Å². The van der Waals surface area contributed by atoms with Crippen molar-refractivity contribution in [3.63, 3.8) is 0 Å². The van der Waals surface area contributed by atoms with Crippen LogP contribution in [0.3, 0.4) is 0 Å². The largest absolute Gasteiger partial charge is 0.454 e. The summed E-state index contributed by atoms with van der Waals surface area (Å²) in [5, 5.41) is 7.34. The van der Waals surface area contributed by atoms with Crippen molar-refractivity contribution in [3.8, 4) is 22.3 Å². The van der Waals surface area contributed by atoms with Gasteiger partial charge in [0.15, 0.2) is 5.58 Å². The molecule has 4 nitrogen and oxygen atoms in total. The molecule has 0 bridgehead atoms. The highest BCUT2D eigenvalue weighted by molar-refractivity contribution is 6.90. The molecule has 10 aromatic carbocycles. The molecule has 0 saturated heterocycles. The van der Waals surface area contributed by atoms with Gasteiger partial charge in [-0.3, -0.25) is 0 Å². The topological polar surface area (TPSA) is 24.6 Å². The lowest BCUT2D eigenvalue weighted by atomic mass is 9.45. The SMILES string of the molecule is CC(C)(C)c1ccc(N(c2ccc(C(C)(C)C)cc2)c2cc3c4c(c2)N(c2cccc5c2oc2ccccc25)c2cc(-c5ccccc5)ccc2B4n2c4ccc5ccccc5c4c4cc(C(C)(C)C)cc-3c42)cc1. The van der Waals surface area contributed by atoms with E-state index in [0.717, 1.165) is 61.6 Å². The second-order valence-electron chi connectivity index (χ2n) is 24.2. The van der Waals surface area contributed by atoms with Crippen LogP contribution in [-0.2, 0) is 16.2 Å². The highest BCUT2D eigenvalue weighted by Gasteiger charge is 2.45. The van der Waals surface area contributed by atoms with Gasteiger partial charge in [-0.2, -0.15) is 0 Å². The third kappa shape index (κ3) is 6.97. The quantitative estimate of drug-likeness (QED) is 0.161. The molecule has 0 unspecified atom stereocenters. The molecule has 0 fully saturated rings. The number of rotatable bonds is 5. The van der Waals surface area contributed by atoms with E-state index in [0.29, 0.717) is 0 Å². The van der Waals surface area contributed by atoms with E-state index in [1.807, 2.05) is 0 Å². The Hall–Kier alpha value is -8.28. The van der Waals surface area contributed by atoms with E-state index in [4.69, 9.17) is 4.42 Å². The van der Waals surface area contributed by atoms with Crippen LogP contribution < -0.4 is 20.7 Å². The number of furan rings is 1. The van der Waals surface area contributed by atoms with Gasteiger partial charge in [0.2, 0.25) is 0 Å². The van der Waals surface area contributed by atoms with Gasteiger partial charge >= 0.3 is 6.85 Å². The minimum atomic E-state index is -0.158. The van der Waals surface area contributed by atoms with Crippen molar-refractivity contribution in [2.75, 3.05) is 9.80 Å². The predicted molar refractivity (Wildman–Crippen MR) is 321 cm³/mol. The first-order valence-electron chi connectivity index (χ1n) is 26.7. The molecule has 0 radical (unpaired) electrons. The molecule has 2 aliphatic rings. The summed E-state index contributed by atoms with van der Waals surface area (Å²) in [6.07, 6.45) is 0. The van der Waals surface area contributed by atoms with Crippen LogP contribution in [0.15, 0.2) is 205 Å². The standard InChI is InChI=1S/C70H60BN3O/c1-68(2,3)46-28-32-49(33-29-46)72(50-34-30-47(31-35-50)69(4,5)6)51-41-55-56-39-48(70(7,8)9)40-57-64-52-21-14-13-20-44(52)27-37-59(64)74(66(56)57)71-58-36-26-45(43-18-11-10-12-19-43)38-61(58)73(62(42-51)65(55)71)60-24-17-23-54-53-22-15-16-25-63(53)75-67(54)60/h10-42H,1-9H3. The summed E-state index contributed by atoms with van der Waals surface area (Å²) in [6, 6.07) is 75.5. The van der Waals surface area contributed by atoms with E-state index >= 15 is 0 Å². The monoisotopic (exact) mass is 969 g/mol. The summed E-state index contributed by atoms with van der Waals surface area (Å²) >= 11 is 0. The number of hydrogen-bond acceptors (Lipinski definition) is 3. The van der Waals surface area contributed by atoms with Gasteiger partial charge in [-0.15, -0.1) is 0 Å². The van der Waals surface area contributed by atoms with E-state index in [1.54, 1.807) is 0 Å². The second kappa shape index (κ2) is 16.1. The third-order valence-electron chi connectivity index (χ3n) is 16.4. The summed E-state index contributed by atoms with van der Waals surface area (Å²) < 4.78 is 9.76. The lowest BCUT2D eigenvalue weighted by Gasteiger charge is -2.42. The van der Waals surface area contributed by atoms with Gasteiger partial charge in [-0.1, -0.05) is 190 Å². The van der Waals surface area contributed by atoms with Crippen molar-refractivity contribution in [2.45, 2.75) is 78.6 Å². The Morgan fingerprint density at radius 3 is 1.76 bits per heavy atom. The zero-order valence-corrected chi connectivity index (χ0v) is 44.4. The lowest BCUT2D eigenvalue weighted by molar-refractivity contribution is 0.590. The van der Waals surface area contributed by atoms with Gasteiger partial charge in [-0.25, -0.2) is 0 Å². The average molecular weight is 970 g/mol. The molecule has 364 valence electrons. The summed E-state index contributed by atoms with van der Waals surface area (Å²) in [6.45, 7) is 20.7. The molecule has 12 aromatic rings. The fraction of sp³-hybridized carbons (Fsp3) is 0.171. The molecule has 0 saturated carbocycles. The highest BCUT2D eigenvalue weighted by Crippen LogP contribution is 2.52. The number of anilines is 6. The zero-order valence-electron chi connectivity index (χ0n) is 44.4. The minimum Gasteiger partial charge on any atom is -0.454 e. The molecule has 2 aromatic heterocycles. The molecule has 0 atom stereocenters. The van der Waals surface area contributed by atoms with E-state index in [-0.39, 0.29) is 23.1 Å². The second-order valence-corrected chi connectivity index (χ2v) is 24.2. The van der Waals surface area contributed by atoms with E-state index in [9.17, 15) is 0 Å². The summed E-state index contributed by atoms with van der Waals surface area (Å²) in [5.74, 6) is 0. The Balaban J connectivity index is 1.16. The van der Waals surface area contributed by atoms with Crippen LogP contribution in [-0.4, -0.2) is 11.3 Å². The summed E-state index contributed by atoms with van der Waals surface area (Å²) in [7, 11) is 0. The predicted octanol–water partition coefficient (Wildman–Crippen LogP) is 18.3. The molecular weight excluding hydrogens is 910 g/mol. The van der Waals surface area contributed by atoms with Crippen molar-refractivity contribution in [2.24, 2.45) is 0 Å². The summed E-state index contributed by atoms with van der Waals surface area (Å²) in [5.41, 5.74) is 22.0. The third-order valence-corrected chi connectivity index (χ3v) is 16.4. The Morgan fingerprint density at radius 2 is 1.07 bits per heavy atom. The smallest absolute Gasteiger partial charge is 0.333 e. The van der Waals surface area contributed by atoms with Crippen LogP contribution in [0.25, 0.3) is 76.8 Å². The van der Waals surface area contributed by atoms with Gasteiger partial charge in [0.05, 0.1) is 5.69 Å². The minimum absolute atomic E-state index is 0.000115. The van der Waals surface area contributed by atoms with Crippen LogP contribution in [0.4, 0.5) is 34.1 Å². The molecule has 0 aliphatic carbocycles. The van der Waals surface area contributed by atoms with Crippen LogP contribution in [0.2, 0.25) is 0 Å². The van der Waals surface area contributed by atoms with Crippen molar-refractivity contribution in [3.05, 3.63) is 217 Å². The number of benzene rings is 10. The molecule has 0 amide bonds. The Labute approximate surface area is 440 Å². The van der Waals surface area contributed by atoms with Crippen molar-refractivity contribution >= 4 is 106 Å². The molecular formula is C70H60BN3O. The lowest BCUT2D eigenvalue weighted by Crippen LogP contribution is -2.56. The maximum atomic E-state index is 7.06. The van der Waals surface area contributed by atoms with Crippen LogP contribution in [0, 0.1) is 0 Å². The number of nitrogens with zero attached hydrogens (tertiary/aromatic N) is 3. The van der Waals surface area contributed by atoms with Crippen molar-refractivity contribution < 1.29 is 4.42 Å².